The highest BCUT2D eigenvalue weighted by molar-refractivity contribution is 7.89. The fraction of sp³-hybridized carbons (Fsp3) is 0.400. The molecule has 0 spiro atoms. The van der Waals surface area contributed by atoms with Gasteiger partial charge in [-0.1, -0.05) is 13.8 Å². The molecule has 0 aliphatic heterocycles. The van der Waals surface area contributed by atoms with Gasteiger partial charge in [0.2, 0.25) is 15.9 Å². The third-order valence-electron chi connectivity index (χ3n) is 3.56. The van der Waals surface area contributed by atoms with Gasteiger partial charge in [-0.2, -0.15) is 5.10 Å². The van der Waals surface area contributed by atoms with Gasteiger partial charge >= 0.3 is 0 Å². The number of halogens is 1. The van der Waals surface area contributed by atoms with Gasteiger partial charge in [-0.25, -0.2) is 17.7 Å². The zero-order valence-electron chi connectivity index (χ0n) is 14.6. The third-order valence-corrected chi connectivity index (χ3v) is 5.49. The van der Waals surface area contributed by atoms with E-state index < -0.39 is 21.7 Å². The van der Waals surface area contributed by atoms with Crippen molar-refractivity contribution in [3.8, 4) is 11.4 Å². The predicted octanol–water partition coefficient (Wildman–Crippen LogP) is 0.962. The van der Waals surface area contributed by atoms with Crippen LogP contribution in [0.25, 0.3) is 11.4 Å². The molecule has 9 nitrogen and oxygen atoms in total. The summed E-state index contributed by atoms with van der Waals surface area (Å²) in [6.45, 7) is 4.40. The van der Waals surface area contributed by atoms with Gasteiger partial charge < -0.3 is 11.1 Å². The number of anilines is 1. The molecule has 0 saturated heterocycles. The largest absolute Gasteiger partial charge is 0.325 e. The van der Waals surface area contributed by atoms with Crippen molar-refractivity contribution in [1.29, 1.82) is 0 Å². The number of carbonyl (C=O) groups is 1. The van der Waals surface area contributed by atoms with Gasteiger partial charge in [0.25, 0.3) is 0 Å². The molecule has 1 aromatic heterocycles. The average molecular weight is 403 g/mol. The Morgan fingerprint density at radius 2 is 1.85 bits per heavy atom. The van der Waals surface area contributed by atoms with Gasteiger partial charge in [0.15, 0.2) is 5.82 Å². The summed E-state index contributed by atoms with van der Waals surface area (Å²) in [4.78, 5) is 16.2. The number of nitrogens with zero attached hydrogens (tertiary/aromatic N) is 3. The number of amides is 1. The molecular weight excluding hydrogens is 380 g/mol. The summed E-state index contributed by atoms with van der Waals surface area (Å²) in [5.74, 6) is -0.0867. The normalized spacial score (nSPS) is 11.2. The number of nitrogens with two attached hydrogens (primary N) is 1. The second-order valence-corrected chi connectivity index (χ2v) is 7.24. The quantitative estimate of drug-likeness (QED) is 0.602. The topological polar surface area (TPSA) is 134 Å². The highest BCUT2D eigenvalue weighted by Crippen LogP contribution is 2.18. The van der Waals surface area contributed by atoms with Crippen LogP contribution in [0, 0.1) is 0 Å². The van der Waals surface area contributed by atoms with Crippen LogP contribution >= 0.6 is 12.4 Å². The van der Waals surface area contributed by atoms with Crippen molar-refractivity contribution >= 4 is 34.0 Å². The average Bonchev–Trinajstić information content (AvgIpc) is 3.04. The van der Waals surface area contributed by atoms with Crippen molar-refractivity contribution in [2.45, 2.75) is 20.4 Å². The summed E-state index contributed by atoms with van der Waals surface area (Å²) in [6.07, 6.45) is 0. The molecule has 2 rings (SSSR count). The Labute approximate surface area is 158 Å². The van der Waals surface area contributed by atoms with E-state index in [9.17, 15) is 13.2 Å². The summed E-state index contributed by atoms with van der Waals surface area (Å²) in [6, 6.07) is 6.79. The lowest BCUT2D eigenvalue weighted by atomic mass is 10.2. The number of aromatic nitrogens is 3. The van der Waals surface area contributed by atoms with Crippen LogP contribution in [0.1, 0.15) is 19.7 Å². The highest BCUT2D eigenvalue weighted by atomic mass is 35.5. The number of hydrogen-bond acceptors (Lipinski definition) is 6. The second-order valence-electron chi connectivity index (χ2n) is 5.28. The monoisotopic (exact) mass is 402 g/mol. The van der Waals surface area contributed by atoms with Crippen LogP contribution in [-0.4, -0.2) is 52.7 Å². The Morgan fingerprint density at radius 1 is 1.23 bits per heavy atom. The van der Waals surface area contributed by atoms with E-state index in [0.29, 0.717) is 30.4 Å². The number of carbonyl (C=O) groups excluding carboxylic acids is 1. The van der Waals surface area contributed by atoms with E-state index in [1.54, 1.807) is 38.1 Å². The molecule has 0 atom stereocenters. The number of aromatic amines is 1. The molecule has 1 amide bonds. The van der Waals surface area contributed by atoms with Crippen LogP contribution in [0.3, 0.4) is 0 Å². The fourth-order valence-electron chi connectivity index (χ4n) is 2.29. The molecule has 0 unspecified atom stereocenters. The summed E-state index contributed by atoms with van der Waals surface area (Å²) in [5.41, 5.74) is 6.73. The van der Waals surface area contributed by atoms with Gasteiger partial charge in [0.1, 0.15) is 11.6 Å². The minimum absolute atomic E-state index is 0. The van der Waals surface area contributed by atoms with E-state index in [2.05, 4.69) is 20.5 Å². The zero-order valence-corrected chi connectivity index (χ0v) is 16.2. The summed E-state index contributed by atoms with van der Waals surface area (Å²) in [5, 5.41) is 9.35. The first-order chi connectivity index (χ1) is 11.9. The van der Waals surface area contributed by atoms with Crippen LogP contribution in [0.4, 0.5) is 5.69 Å². The van der Waals surface area contributed by atoms with Crippen molar-refractivity contribution in [1.82, 2.24) is 19.5 Å². The second kappa shape index (κ2) is 9.62. The summed E-state index contributed by atoms with van der Waals surface area (Å²) >= 11 is 0. The maximum atomic E-state index is 12.1. The van der Waals surface area contributed by atoms with Crippen molar-refractivity contribution in [3.63, 3.8) is 0 Å². The lowest BCUT2D eigenvalue weighted by Crippen LogP contribution is -2.36. The van der Waals surface area contributed by atoms with Crippen LogP contribution in [0.5, 0.6) is 0 Å². The minimum atomic E-state index is -3.61. The maximum absolute atomic E-state index is 12.1. The minimum Gasteiger partial charge on any atom is -0.325 e. The zero-order chi connectivity index (χ0) is 18.4. The number of nitrogens with one attached hydrogen (secondary N) is 2. The predicted molar refractivity (Wildman–Crippen MR) is 102 cm³/mol. The Morgan fingerprint density at radius 3 is 2.35 bits per heavy atom. The molecule has 2 aromatic rings. The third kappa shape index (κ3) is 5.49. The van der Waals surface area contributed by atoms with Crippen molar-refractivity contribution in [3.05, 3.63) is 30.1 Å². The Balaban J connectivity index is 0.00000338. The molecular formula is C15H23ClN6O3S. The van der Waals surface area contributed by atoms with Crippen molar-refractivity contribution < 1.29 is 13.2 Å². The van der Waals surface area contributed by atoms with Gasteiger partial charge in [-0.15, -0.1) is 12.4 Å². The van der Waals surface area contributed by atoms with Crippen molar-refractivity contribution in [2.75, 3.05) is 24.2 Å². The lowest BCUT2D eigenvalue weighted by Gasteiger charge is -2.17. The summed E-state index contributed by atoms with van der Waals surface area (Å²) < 4.78 is 25.5. The Kier molecular flexibility index (Phi) is 8.15. The van der Waals surface area contributed by atoms with Gasteiger partial charge in [-0.05, 0) is 24.3 Å². The van der Waals surface area contributed by atoms with Gasteiger partial charge in [0.05, 0.1) is 6.54 Å². The molecule has 0 saturated carbocycles. The van der Waals surface area contributed by atoms with E-state index in [4.69, 9.17) is 5.73 Å². The highest BCUT2D eigenvalue weighted by Gasteiger charge is 2.22. The van der Waals surface area contributed by atoms with Crippen LogP contribution < -0.4 is 11.1 Å². The Hall–Kier alpha value is -2.01. The lowest BCUT2D eigenvalue weighted by molar-refractivity contribution is -0.113. The SMILES string of the molecule is CCN(CC)S(=O)(=O)CC(=O)Nc1ccc(-c2n[nH]c(CN)n2)cc1.Cl. The molecule has 0 fully saturated rings. The molecule has 4 N–H and O–H groups in total. The standard InChI is InChI=1S/C15H22N6O3S.ClH/c1-3-21(4-2)25(23,24)10-14(22)17-12-7-5-11(6-8-12)15-18-13(9-16)19-20-15;/h5-8H,3-4,9-10,16H2,1-2H3,(H,17,22)(H,18,19,20);1H. The van der Waals surface area contributed by atoms with Crippen LogP contribution in [0.2, 0.25) is 0 Å². The molecule has 0 aliphatic carbocycles. The first kappa shape index (κ1) is 22.0. The number of sulfonamides is 1. The molecule has 0 aliphatic rings. The number of benzene rings is 1. The van der Waals surface area contributed by atoms with E-state index in [-0.39, 0.29) is 19.0 Å². The molecule has 144 valence electrons. The molecule has 0 radical (unpaired) electrons. The number of rotatable bonds is 8. The number of H-pyrrole nitrogens is 1. The smallest absolute Gasteiger partial charge is 0.241 e. The molecule has 26 heavy (non-hydrogen) atoms. The molecule has 1 aromatic carbocycles. The van der Waals surface area contributed by atoms with Gasteiger partial charge in [0, 0.05) is 24.3 Å². The van der Waals surface area contributed by atoms with Crippen LogP contribution in [-0.2, 0) is 21.4 Å². The molecule has 0 bridgehead atoms. The first-order valence-corrected chi connectivity index (χ1v) is 9.50. The van der Waals surface area contributed by atoms with Crippen LogP contribution in [0.15, 0.2) is 24.3 Å². The van der Waals surface area contributed by atoms with E-state index in [1.165, 1.54) is 4.31 Å². The van der Waals surface area contributed by atoms with Crippen molar-refractivity contribution in [2.24, 2.45) is 5.73 Å². The molecule has 11 heteroatoms. The maximum Gasteiger partial charge on any atom is 0.241 e. The number of hydrogen-bond donors (Lipinski definition) is 3. The first-order valence-electron chi connectivity index (χ1n) is 7.89. The van der Waals surface area contributed by atoms with E-state index in [0.717, 1.165) is 5.56 Å². The van der Waals surface area contributed by atoms with E-state index in [1.807, 2.05) is 0 Å². The summed E-state index contributed by atoms with van der Waals surface area (Å²) in [7, 11) is -3.61. The fourth-order valence-corrected chi connectivity index (χ4v) is 3.66. The molecule has 1 heterocycles. The van der Waals surface area contributed by atoms with E-state index >= 15 is 0 Å². The Bertz CT molecular complexity index is 818. The van der Waals surface area contributed by atoms with Gasteiger partial charge in [-0.3, -0.25) is 9.89 Å².